The monoisotopic (exact) mass is 282 g/mol. The van der Waals surface area contributed by atoms with Gasteiger partial charge in [0.1, 0.15) is 0 Å². The van der Waals surface area contributed by atoms with Gasteiger partial charge in [-0.25, -0.2) is 6.07 Å². The molecule has 0 amide bonds. The van der Waals surface area contributed by atoms with Crippen molar-refractivity contribution in [1.29, 1.82) is 0 Å². The van der Waals surface area contributed by atoms with Gasteiger partial charge in [-0.1, -0.05) is 13.0 Å². The van der Waals surface area contributed by atoms with Crippen LogP contribution < -0.4 is 0 Å². The molecule has 0 saturated carbocycles. The van der Waals surface area contributed by atoms with Gasteiger partial charge in [-0.3, -0.25) is 0 Å². The Bertz CT molecular complexity index is 463. The second kappa shape index (κ2) is 6.72. The molecule has 0 aliphatic carbocycles. The third-order valence-electron chi connectivity index (χ3n) is 2.13. The van der Waals surface area contributed by atoms with Gasteiger partial charge in [0.25, 0.3) is 0 Å². The van der Waals surface area contributed by atoms with Gasteiger partial charge < -0.3 is 4.99 Å². The molecule has 1 nitrogen and oxygen atoms in total. The number of aliphatic imine (C=N–C) groups is 1. The Kier molecular flexibility index (Phi) is 5.58. The first-order valence-electron chi connectivity index (χ1n) is 4.85. The Morgan fingerprint density at radius 3 is 2.50 bits per heavy atom. The van der Waals surface area contributed by atoms with Gasteiger partial charge in [-0.2, -0.15) is 24.3 Å². The van der Waals surface area contributed by atoms with Crippen LogP contribution in [0.15, 0.2) is 53.5 Å². The van der Waals surface area contributed by atoms with Crippen LogP contribution in [0.2, 0.25) is 0 Å². The van der Waals surface area contributed by atoms with Gasteiger partial charge >= 0.3 is 0 Å². The van der Waals surface area contributed by atoms with Gasteiger partial charge in [-0.05, 0) is 6.21 Å². The zero-order valence-corrected chi connectivity index (χ0v) is 12.0. The van der Waals surface area contributed by atoms with E-state index in [4.69, 9.17) is 0 Å². The number of hydrogen-bond donors (Lipinski definition) is 0. The molecule has 0 N–H and O–H groups in total. The van der Waals surface area contributed by atoms with E-state index in [1.807, 2.05) is 55.5 Å². The smallest absolute Gasteiger partial charge is 0 e. The summed E-state index contributed by atoms with van der Waals surface area (Å²) in [6.07, 6.45) is 3.02. The third-order valence-corrected chi connectivity index (χ3v) is 2.13. The van der Waals surface area contributed by atoms with Crippen LogP contribution in [0.5, 0.6) is 0 Å². The maximum Gasteiger partial charge on any atom is 0 e. The summed E-state index contributed by atoms with van der Waals surface area (Å²) in [7, 11) is 0. The molecule has 0 unspecified atom stereocenters. The Morgan fingerprint density at radius 2 is 1.81 bits per heavy atom. The van der Waals surface area contributed by atoms with Crippen molar-refractivity contribution in [3.8, 4) is 0 Å². The van der Waals surface area contributed by atoms with E-state index in [0.29, 0.717) is 0 Å². The van der Waals surface area contributed by atoms with E-state index < -0.39 is 0 Å². The maximum atomic E-state index is 4.23. The van der Waals surface area contributed by atoms with E-state index in [9.17, 15) is 0 Å². The van der Waals surface area contributed by atoms with Gasteiger partial charge in [0, 0.05) is 32.7 Å². The van der Waals surface area contributed by atoms with E-state index in [1.165, 1.54) is 5.56 Å². The molecule has 0 bridgehead atoms. The molecule has 1 radical (unpaired) electrons. The van der Waals surface area contributed by atoms with Crippen molar-refractivity contribution >= 4 is 11.9 Å². The molecule has 0 aromatic heterocycles. The van der Waals surface area contributed by atoms with Crippen molar-refractivity contribution in [2.75, 3.05) is 0 Å². The zero-order chi connectivity index (χ0) is 10.5. The van der Waals surface area contributed by atoms with Crippen LogP contribution in [-0.4, -0.2) is 6.21 Å². The summed E-state index contributed by atoms with van der Waals surface area (Å²) < 4.78 is 0. The molecule has 0 fully saturated rings. The number of hydrogen-bond acceptors (Lipinski definition) is 1. The summed E-state index contributed by atoms with van der Waals surface area (Å²) >= 11 is 0. The molecule has 2 aromatic carbocycles. The molecule has 2 aromatic rings. The number of para-hydroxylation sites is 1. The van der Waals surface area contributed by atoms with Crippen molar-refractivity contribution in [3.63, 3.8) is 0 Å². The normalized spacial score (nSPS) is 10.1. The average Bonchev–Trinajstić information content (AvgIpc) is 2.29. The Balaban J connectivity index is 0.00000128. The number of nitrogens with zero attached hydrogens (tertiary/aromatic N) is 1. The molecule has 2 rings (SSSR count). The van der Waals surface area contributed by atoms with E-state index in [1.54, 1.807) is 0 Å². The average molecular weight is 282 g/mol. The van der Waals surface area contributed by atoms with Crippen molar-refractivity contribution < 1.29 is 32.7 Å². The van der Waals surface area contributed by atoms with Crippen LogP contribution >= 0.6 is 0 Å². The molecule has 0 aliphatic rings. The molecule has 0 saturated heterocycles. The largest absolute Gasteiger partial charge is 0.378 e. The summed E-state index contributed by atoms with van der Waals surface area (Å²) in [5, 5.41) is 0. The van der Waals surface area contributed by atoms with E-state index >= 15 is 0 Å². The second-order valence-corrected chi connectivity index (χ2v) is 3.29. The first kappa shape index (κ1) is 13.3. The SMILES string of the molecule is Cc1ccccc1[C-]=Nc1[c-]cccc1.[Y]. The first-order valence-corrected chi connectivity index (χ1v) is 4.85. The van der Waals surface area contributed by atoms with Crippen molar-refractivity contribution in [3.05, 3.63) is 65.7 Å². The van der Waals surface area contributed by atoms with Crippen LogP contribution in [0.1, 0.15) is 11.1 Å². The third kappa shape index (κ3) is 3.66. The molecule has 0 atom stereocenters. The van der Waals surface area contributed by atoms with Crippen LogP contribution in [0.3, 0.4) is 0 Å². The molecule has 0 spiro atoms. The van der Waals surface area contributed by atoms with Crippen molar-refractivity contribution in [2.24, 2.45) is 4.99 Å². The van der Waals surface area contributed by atoms with Crippen molar-refractivity contribution in [1.82, 2.24) is 0 Å². The van der Waals surface area contributed by atoms with Crippen LogP contribution in [-0.2, 0) is 32.7 Å². The van der Waals surface area contributed by atoms with E-state index in [-0.39, 0.29) is 32.7 Å². The van der Waals surface area contributed by atoms with Crippen LogP contribution in [0, 0.1) is 13.0 Å². The molecule has 77 valence electrons. The summed E-state index contributed by atoms with van der Waals surface area (Å²) in [4.78, 5) is 4.23. The molecule has 0 aliphatic heterocycles. The minimum Gasteiger partial charge on any atom is -0.378 e. The Hall–Kier alpha value is -0.786. The first-order chi connectivity index (χ1) is 7.36. The van der Waals surface area contributed by atoms with Crippen LogP contribution in [0.25, 0.3) is 0 Å². The van der Waals surface area contributed by atoms with Gasteiger partial charge in [-0.15, -0.1) is 35.0 Å². The maximum absolute atomic E-state index is 4.23. The molecular formula is C14H11NY-2. The summed E-state index contributed by atoms with van der Waals surface area (Å²) in [6, 6.07) is 18.7. The summed E-state index contributed by atoms with van der Waals surface area (Å²) in [5.74, 6) is 0. The number of aryl methyl sites for hydroxylation is 1. The minimum atomic E-state index is 0. The predicted octanol–water partition coefficient (Wildman–Crippen LogP) is 3.42. The number of rotatable bonds is 2. The minimum absolute atomic E-state index is 0. The van der Waals surface area contributed by atoms with Gasteiger partial charge in [0.05, 0.1) is 0 Å². The van der Waals surface area contributed by atoms with E-state index in [2.05, 4.69) is 17.3 Å². The fourth-order valence-corrected chi connectivity index (χ4v) is 1.27. The topological polar surface area (TPSA) is 12.4 Å². The standard InChI is InChI=1S/C14H11N.Y/c1-12-7-5-6-8-13(12)11-15-14-9-3-2-4-10-14;/h2-9H,1H3;/q-2;. The Labute approximate surface area is 121 Å². The van der Waals surface area contributed by atoms with Crippen molar-refractivity contribution in [2.45, 2.75) is 6.92 Å². The molecule has 16 heavy (non-hydrogen) atoms. The fourth-order valence-electron chi connectivity index (χ4n) is 1.27. The second-order valence-electron chi connectivity index (χ2n) is 3.29. The number of benzene rings is 2. The van der Waals surface area contributed by atoms with Gasteiger partial charge in [0.15, 0.2) is 0 Å². The molecule has 2 heteroatoms. The predicted molar refractivity (Wildman–Crippen MR) is 62.7 cm³/mol. The van der Waals surface area contributed by atoms with Crippen LogP contribution in [0.4, 0.5) is 5.69 Å². The summed E-state index contributed by atoms with van der Waals surface area (Å²) in [5.41, 5.74) is 3.01. The molecular weight excluding hydrogens is 271 g/mol. The summed E-state index contributed by atoms with van der Waals surface area (Å²) in [6.45, 7) is 2.05. The van der Waals surface area contributed by atoms with Gasteiger partial charge in [0.2, 0.25) is 0 Å². The fraction of sp³-hybridized carbons (Fsp3) is 0.0714. The Morgan fingerprint density at radius 1 is 1.06 bits per heavy atom. The van der Waals surface area contributed by atoms with E-state index in [0.717, 1.165) is 11.3 Å². The quantitative estimate of drug-likeness (QED) is 0.591. The molecule has 0 heterocycles. The zero-order valence-electron chi connectivity index (χ0n) is 9.14.